The third-order valence-corrected chi connectivity index (χ3v) is 2.44. The van der Waals surface area contributed by atoms with Crippen LogP contribution in [0.4, 0.5) is 0 Å². The lowest BCUT2D eigenvalue weighted by molar-refractivity contribution is -0.145. The van der Waals surface area contributed by atoms with E-state index in [-0.39, 0.29) is 18.1 Å². The van der Waals surface area contributed by atoms with E-state index in [1.807, 2.05) is 14.0 Å². The molecule has 1 rings (SSSR count). The Morgan fingerprint density at radius 1 is 1.54 bits per heavy atom. The first-order valence-corrected chi connectivity index (χ1v) is 4.57. The van der Waals surface area contributed by atoms with Gasteiger partial charge in [-0.25, -0.2) is 0 Å². The Morgan fingerprint density at radius 3 is 2.62 bits per heavy atom. The Kier molecular flexibility index (Phi) is 3.27. The number of hydrogen-bond donors (Lipinski definition) is 0. The van der Waals surface area contributed by atoms with Gasteiger partial charge in [-0.1, -0.05) is 0 Å². The predicted molar refractivity (Wildman–Crippen MR) is 50.5 cm³/mol. The van der Waals surface area contributed by atoms with Crippen molar-refractivity contribution < 1.29 is 9.53 Å². The van der Waals surface area contributed by atoms with Gasteiger partial charge in [-0.15, -0.1) is 0 Å². The molecule has 0 aromatic heterocycles. The maximum Gasteiger partial charge on any atom is 0.242 e. The largest absolute Gasteiger partial charge is 0.375 e. The molecule has 76 valence electrons. The molecule has 1 aliphatic heterocycles. The maximum atomic E-state index is 11.7. The van der Waals surface area contributed by atoms with Crippen LogP contribution in [-0.4, -0.2) is 62.1 Å². The molecule has 0 bridgehead atoms. The van der Waals surface area contributed by atoms with E-state index in [9.17, 15) is 4.79 Å². The van der Waals surface area contributed by atoms with Crippen molar-refractivity contribution in [1.29, 1.82) is 0 Å². The number of carbonyl (C=O) groups excluding carboxylic acids is 1. The Hall–Kier alpha value is -0.610. The van der Waals surface area contributed by atoms with Crippen LogP contribution >= 0.6 is 0 Å². The minimum atomic E-state index is -0.122. The van der Waals surface area contributed by atoms with Crippen LogP contribution in [0.2, 0.25) is 0 Å². The van der Waals surface area contributed by atoms with Gasteiger partial charge in [0.25, 0.3) is 0 Å². The third kappa shape index (κ3) is 2.19. The fourth-order valence-corrected chi connectivity index (χ4v) is 1.63. The minimum absolute atomic E-state index is 0.00588. The summed E-state index contributed by atoms with van der Waals surface area (Å²) in [5, 5.41) is 0. The molecule has 0 spiro atoms. The van der Waals surface area contributed by atoms with Crippen LogP contribution in [0.5, 0.6) is 0 Å². The molecule has 13 heavy (non-hydrogen) atoms. The molecular weight excluding hydrogens is 168 g/mol. The molecule has 0 saturated carbocycles. The Labute approximate surface area is 79.4 Å². The summed E-state index contributed by atoms with van der Waals surface area (Å²) in [5.74, 6) is 0.120. The number of carbonyl (C=O) groups is 1. The van der Waals surface area contributed by atoms with Crippen molar-refractivity contribution in [3.63, 3.8) is 0 Å². The highest BCUT2D eigenvalue weighted by atomic mass is 16.5. The van der Waals surface area contributed by atoms with E-state index in [1.165, 1.54) is 0 Å². The molecule has 0 aromatic carbocycles. The molecule has 1 saturated heterocycles. The number of rotatable bonds is 1. The molecule has 1 heterocycles. The van der Waals surface area contributed by atoms with Crippen LogP contribution in [0.3, 0.4) is 0 Å². The van der Waals surface area contributed by atoms with Gasteiger partial charge in [0, 0.05) is 20.6 Å². The molecular formula is C9H18N2O2. The van der Waals surface area contributed by atoms with Crippen molar-refractivity contribution in [3.05, 3.63) is 0 Å². The number of likely N-dealkylation sites (N-methyl/N-ethyl adjacent to an activating group) is 2. The van der Waals surface area contributed by atoms with Gasteiger partial charge in [0.05, 0.1) is 12.7 Å². The molecule has 0 aliphatic carbocycles. The second kappa shape index (κ2) is 4.07. The van der Waals surface area contributed by atoms with Gasteiger partial charge in [-0.2, -0.15) is 0 Å². The fraction of sp³-hybridized carbons (Fsp3) is 0.889. The van der Waals surface area contributed by atoms with E-state index in [0.717, 1.165) is 13.2 Å². The van der Waals surface area contributed by atoms with Crippen LogP contribution in [0, 0.1) is 0 Å². The number of amides is 1. The Morgan fingerprint density at radius 2 is 2.15 bits per heavy atom. The lowest BCUT2D eigenvalue weighted by Gasteiger charge is -2.37. The lowest BCUT2D eigenvalue weighted by Crippen LogP contribution is -2.55. The van der Waals surface area contributed by atoms with Crippen LogP contribution in [0.25, 0.3) is 0 Å². The highest BCUT2D eigenvalue weighted by Crippen LogP contribution is 2.13. The molecule has 0 radical (unpaired) electrons. The molecule has 0 unspecified atom stereocenters. The average molecular weight is 186 g/mol. The maximum absolute atomic E-state index is 11.7. The first kappa shape index (κ1) is 10.5. The third-order valence-electron chi connectivity index (χ3n) is 2.44. The smallest absolute Gasteiger partial charge is 0.242 e. The summed E-state index contributed by atoms with van der Waals surface area (Å²) < 4.78 is 5.44. The Bertz CT molecular complexity index is 184. The molecule has 2 atom stereocenters. The van der Waals surface area contributed by atoms with E-state index >= 15 is 0 Å². The number of morpholine rings is 1. The van der Waals surface area contributed by atoms with E-state index in [2.05, 4.69) is 4.90 Å². The van der Waals surface area contributed by atoms with Gasteiger partial charge in [0.2, 0.25) is 5.91 Å². The predicted octanol–water partition coefficient (Wildman–Crippen LogP) is -0.206. The lowest BCUT2D eigenvalue weighted by atomic mass is 10.1. The first-order chi connectivity index (χ1) is 6.04. The van der Waals surface area contributed by atoms with Crippen molar-refractivity contribution in [2.24, 2.45) is 0 Å². The monoisotopic (exact) mass is 186 g/mol. The van der Waals surface area contributed by atoms with Gasteiger partial charge in [-0.05, 0) is 14.0 Å². The van der Waals surface area contributed by atoms with Gasteiger partial charge in [0.15, 0.2) is 0 Å². The SMILES string of the molecule is C[C@H]1OCCN(C)[C@@H]1C(=O)N(C)C. The average Bonchev–Trinajstić information content (AvgIpc) is 2.03. The quantitative estimate of drug-likeness (QED) is 0.568. The van der Waals surface area contributed by atoms with Gasteiger partial charge in [-0.3, -0.25) is 9.69 Å². The van der Waals surface area contributed by atoms with Crippen molar-refractivity contribution in [1.82, 2.24) is 9.80 Å². The van der Waals surface area contributed by atoms with Gasteiger partial charge >= 0.3 is 0 Å². The molecule has 4 heteroatoms. The molecule has 1 aliphatic rings. The van der Waals surface area contributed by atoms with Crippen LogP contribution in [0.1, 0.15) is 6.92 Å². The second-order valence-corrected chi connectivity index (χ2v) is 3.73. The zero-order valence-electron chi connectivity index (χ0n) is 8.78. The zero-order chi connectivity index (χ0) is 10.0. The van der Waals surface area contributed by atoms with Crippen molar-refractivity contribution >= 4 is 5.91 Å². The number of hydrogen-bond acceptors (Lipinski definition) is 3. The molecule has 1 amide bonds. The molecule has 1 fully saturated rings. The molecule has 0 aromatic rings. The second-order valence-electron chi connectivity index (χ2n) is 3.73. The fourth-order valence-electron chi connectivity index (χ4n) is 1.63. The van der Waals surface area contributed by atoms with Crippen LogP contribution < -0.4 is 0 Å². The van der Waals surface area contributed by atoms with Crippen molar-refractivity contribution in [2.45, 2.75) is 19.1 Å². The van der Waals surface area contributed by atoms with E-state index in [4.69, 9.17) is 4.74 Å². The van der Waals surface area contributed by atoms with E-state index < -0.39 is 0 Å². The highest BCUT2D eigenvalue weighted by molar-refractivity contribution is 5.82. The van der Waals surface area contributed by atoms with Crippen molar-refractivity contribution in [3.8, 4) is 0 Å². The van der Waals surface area contributed by atoms with Gasteiger partial charge < -0.3 is 9.64 Å². The normalized spacial score (nSPS) is 30.2. The van der Waals surface area contributed by atoms with Crippen LogP contribution in [-0.2, 0) is 9.53 Å². The summed E-state index contributed by atoms with van der Waals surface area (Å²) in [7, 11) is 5.51. The van der Waals surface area contributed by atoms with Gasteiger partial charge in [0.1, 0.15) is 6.04 Å². The minimum Gasteiger partial charge on any atom is -0.375 e. The summed E-state index contributed by atoms with van der Waals surface area (Å²) in [6, 6.07) is -0.122. The Balaban J connectivity index is 2.68. The molecule has 0 N–H and O–H groups in total. The summed E-state index contributed by atoms with van der Waals surface area (Å²) in [6.07, 6.45) is -0.00588. The van der Waals surface area contributed by atoms with E-state index in [1.54, 1.807) is 19.0 Å². The van der Waals surface area contributed by atoms with E-state index in [0.29, 0.717) is 0 Å². The summed E-state index contributed by atoms with van der Waals surface area (Å²) >= 11 is 0. The first-order valence-electron chi connectivity index (χ1n) is 4.57. The molecule has 4 nitrogen and oxygen atoms in total. The summed E-state index contributed by atoms with van der Waals surface area (Å²) in [4.78, 5) is 15.4. The zero-order valence-corrected chi connectivity index (χ0v) is 8.78. The van der Waals surface area contributed by atoms with Crippen molar-refractivity contribution in [2.75, 3.05) is 34.3 Å². The van der Waals surface area contributed by atoms with Crippen LogP contribution in [0.15, 0.2) is 0 Å². The topological polar surface area (TPSA) is 32.8 Å². The highest BCUT2D eigenvalue weighted by Gasteiger charge is 2.33. The number of nitrogens with zero attached hydrogens (tertiary/aromatic N) is 2. The summed E-state index contributed by atoms with van der Waals surface area (Å²) in [6.45, 7) is 3.49. The number of ether oxygens (including phenoxy) is 1. The standard InChI is InChI=1S/C9H18N2O2/c1-7-8(9(12)10(2)3)11(4)5-6-13-7/h7-8H,5-6H2,1-4H3/t7-,8+/m1/s1. The summed E-state index contributed by atoms with van der Waals surface area (Å²) in [5.41, 5.74) is 0.